The first-order chi connectivity index (χ1) is 12.4. The van der Waals surface area contributed by atoms with Gasteiger partial charge in [-0.15, -0.1) is 0 Å². The summed E-state index contributed by atoms with van der Waals surface area (Å²) in [5.74, 6) is 0.697. The van der Waals surface area contributed by atoms with Gasteiger partial charge in [0.15, 0.2) is 9.84 Å². The zero-order chi connectivity index (χ0) is 18.6. The van der Waals surface area contributed by atoms with Gasteiger partial charge >= 0.3 is 0 Å². The van der Waals surface area contributed by atoms with E-state index in [9.17, 15) is 16.8 Å². The van der Waals surface area contributed by atoms with Crippen molar-refractivity contribution in [3.05, 3.63) is 30.3 Å². The zero-order valence-electron chi connectivity index (χ0n) is 14.9. The maximum Gasteiger partial charge on any atom is 0.214 e. The minimum Gasteiger partial charge on any atom is -0.494 e. The largest absolute Gasteiger partial charge is 0.494 e. The van der Waals surface area contributed by atoms with E-state index in [-0.39, 0.29) is 24.1 Å². The number of ether oxygens (including phenoxy) is 1. The maximum absolute atomic E-state index is 12.6. The van der Waals surface area contributed by atoms with Gasteiger partial charge in [0.05, 0.1) is 22.9 Å². The van der Waals surface area contributed by atoms with Gasteiger partial charge in [-0.1, -0.05) is 37.5 Å². The number of hydrogen-bond acceptors (Lipinski definition) is 5. The van der Waals surface area contributed by atoms with Crippen LogP contribution in [0.5, 0.6) is 5.75 Å². The average Bonchev–Trinajstić information content (AvgIpc) is 2.59. The van der Waals surface area contributed by atoms with Gasteiger partial charge in [-0.2, -0.15) is 4.31 Å². The lowest BCUT2D eigenvalue weighted by Crippen LogP contribution is -2.59. The van der Waals surface area contributed by atoms with Crippen molar-refractivity contribution in [2.24, 2.45) is 0 Å². The molecule has 0 bridgehead atoms. The summed E-state index contributed by atoms with van der Waals surface area (Å²) in [6.07, 6.45) is 4.85. The molecular weight excluding hydrogens is 374 g/mol. The number of rotatable bonds is 8. The summed E-state index contributed by atoms with van der Waals surface area (Å²) in [6.45, 7) is 0.544. The molecule has 1 heterocycles. The molecule has 26 heavy (non-hydrogen) atoms. The van der Waals surface area contributed by atoms with Crippen LogP contribution in [0.3, 0.4) is 0 Å². The van der Waals surface area contributed by atoms with Crippen molar-refractivity contribution >= 4 is 19.9 Å². The Morgan fingerprint density at radius 3 is 2.23 bits per heavy atom. The van der Waals surface area contributed by atoms with Gasteiger partial charge in [0.2, 0.25) is 10.0 Å². The third-order valence-corrected chi connectivity index (χ3v) is 9.77. The van der Waals surface area contributed by atoms with Gasteiger partial charge in [-0.05, 0) is 31.4 Å². The lowest BCUT2D eigenvalue weighted by molar-refractivity contribution is 0.297. The number of benzene rings is 1. The van der Waals surface area contributed by atoms with Crippen molar-refractivity contribution in [2.75, 3.05) is 25.4 Å². The summed E-state index contributed by atoms with van der Waals surface area (Å²) in [5, 5.41) is -0.800. The molecule has 146 valence electrons. The fourth-order valence-corrected chi connectivity index (χ4v) is 7.63. The maximum atomic E-state index is 12.6. The van der Waals surface area contributed by atoms with E-state index >= 15 is 0 Å². The summed E-state index contributed by atoms with van der Waals surface area (Å²) in [7, 11) is -6.62. The minimum absolute atomic E-state index is 0.0178. The van der Waals surface area contributed by atoms with Crippen LogP contribution in [-0.2, 0) is 19.9 Å². The van der Waals surface area contributed by atoms with Gasteiger partial charge in [0.1, 0.15) is 5.75 Å². The summed E-state index contributed by atoms with van der Waals surface area (Å²) in [6, 6.07) is 9.26. The molecule has 1 aromatic rings. The van der Waals surface area contributed by atoms with E-state index in [4.69, 9.17) is 4.74 Å². The predicted octanol–water partition coefficient (Wildman–Crippen LogP) is 2.22. The van der Waals surface area contributed by atoms with Crippen LogP contribution in [0.25, 0.3) is 0 Å². The van der Waals surface area contributed by atoms with Gasteiger partial charge < -0.3 is 4.74 Å². The van der Waals surface area contributed by atoms with E-state index in [1.807, 2.05) is 30.3 Å². The van der Waals surface area contributed by atoms with Crippen LogP contribution in [0.2, 0.25) is 0 Å². The van der Waals surface area contributed by atoms with Crippen LogP contribution < -0.4 is 4.74 Å². The fraction of sp³-hybridized carbons (Fsp3) is 0.667. The van der Waals surface area contributed by atoms with Gasteiger partial charge in [0.25, 0.3) is 0 Å². The third kappa shape index (κ3) is 4.58. The molecule has 0 aromatic heterocycles. The molecule has 3 rings (SSSR count). The smallest absolute Gasteiger partial charge is 0.214 e. The van der Waals surface area contributed by atoms with Gasteiger partial charge in [-0.3, -0.25) is 0 Å². The SMILES string of the molecule is O=S(=O)(C1CCCCC1)C1CN(S(=O)(=O)CCCOc2ccccc2)C1. The molecule has 0 unspecified atom stereocenters. The second kappa shape index (κ2) is 8.27. The van der Waals surface area contributed by atoms with Crippen LogP contribution in [-0.4, -0.2) is 57.1 Å². The normalized spacial score (nSPS) is 20.6. The lowest BCUT2D eigenvalue weighted by atomic mass is 10.0. The number of sulfonamides is 1. The van der Waals surface area contributed by atoms with Crippen molar-refractivity contribution in [3.8, 4) is 5.75 Å². The highest BCUT2D eigenvalue weighted by Crippen LogP contribution is 2.30. The Kier molecular flexibility index (Phi) is 6.25. The van der Waals surface area contributed by atoms with Gasteiger partial charge in [0, 0.05) is 13.1 Å². The molecule has 0 N–H and O–H groups in total. The highest BCUT2D eigenvalue weighted by molar-refractivity contribution is 7.93. The molecule has 0 amide bonds. The second-order valence-electron chi connectivity index (χ2n) is 7.12. The highest BCUT2D eigenvalue weighted by atomic mass is 32.2. The summed E-state index contributed by atoms with van der Waals surface area (Å²) >= 11 is 0. The number of nitrogens with zero attached hydrogens (tertiary/aromatic N) is 1. The van der Waals surface area contributed by atoms with Gasteiger partial charge in [-0.25, -0.2) is 16.8 Å². The molecule has 1 aliphatic heterocycles. The third-order valence-electron chi connectivity index (χ3n) is 5.25. The first kappa shape index (κ1) is 19.6. The van der Waals surface area contributed by atoms with E-state index in [2.05, 4.69) is 0 Å². The van der Waals surface area contributed by atoms with Crippen molar-refractivity contribution < 1.29 is 21.6 Å². The molecule has 2 fully saturated rings. The second-order valence-corrected chi connectivity index (χ2v) is 11.7. The zero-order valence-corrected chi connectivity index (χ0v) is 16.6. The summed E-state index contributed by atoms with van der Waals surface area (Å²) < 4.78 is 56.7. The van der Waals surface area contributed by atoms with E-state index in [0.717, 1.165) is 32.1 Å². The van der Waals surface area contributed by atoms with E-state index in [0.29, 0.717) is 18.8 Å². The minimum atomic E-state index is -3.41. The summed E-state index contributed by atoms with van der Waals surface area (Å²) in [5.41, 5.74) is 0. The molecule has 1 saturated carbocycles. The lowest BCUT2D eigenvalue weighted by Gasteiger charge is -2.39. The molecule has 1 aliphatic carbocycles. The molecule has 2 aliphatic rings. The summed E-state index contributed by atoms with van der Waals surface area (Å²) in [4.78, 5) is 0. The molecular formula is C18H27NO5S2. The Labute approximate surface area is 156 Å². The quantitative estimate of drug-likeness (QED) is 0.624. The van der Waals surface area contributed by atoms with E-state index < -0.39 is 25.1 Å². The van der Waals surface area contributed by atoms with Crippen molar-refractivity contribution in [3.63, 3.8) is 0 Å². The number of para-hydroxylation sites is 1. The predicted molar refractivity (Wildman–Crippen MR) is 101 cm³/mol. The Hall–Kier alpha value is -1.12. The first-order valence-corrected chi connectivity index (χ1v) is 12.5. The Morgan fingerprint density at radius 2 is 1.58 bits per heavy atom. The van der Waals surface area contributed by atoms with Crippen molar-refractivity contribution in [1.29, 1.82) is 0 Å². The highest BCUT2D eigenvalue weighted by Gasteiger charge is 2.45. The molecule has 0 radical (unpaired) electrons. The monoisotopic (exact) mass is 401 g/mol. The molecule has 6 nitrogen and oxygen atoms in total. The van der Waals surface area contributed by atoms with Crippen molar-refractivity contribution in [1.82, 2.24) is 4.31 Å². The fourth-order valence-electron chi connectivity index (χ4n) is 3.58. The van der Waals surface area contributed by atoms with E-state index in [1.54, 1.807) is 0 Å². The van der Waals surface area contributed by atoms with Crippen LogP contribution in [0.4, 0.5) is 0 Å². The number of sulfone groups is 1. The molecule has 1 aromatic carbocycles. The molecule has 0 spiro atoms. The standard InChI is InChI=1S/C18H27NO5S2/c20-25(21,13-7-12-24-16-8-3-1-4-9-16)19-14-18(15-19)26(22,23)17-10-5-2-6-11-17/h1,3-4,8-9,17-18H,2,5-7,10-15H2. The molecule has 1 saturated heterocycles. The molecule has 0 atom stereocenters. The topological polar surface area (TPSA) is 80.8 Å². The van der Waals surface area contributed by atoms with Crippen LogP contribution in [0, 0.1) is 0 Å². The molecule has 8 heteroatoms. The van der Waals surface area contributed by atoms with Crippen molar-refractivity contribution in [2.45, 2.75) is 49.0 Å². The average molecular weight is 402 g/mol. The van der Waals surface area contributed by atoms with Crippen LogP contribution in [0.1, 0.15) is 38.5 Å². The van der Waals surface area contributed by atoms with Crippen LogP contribution in [0.15, 0.2) is 30.3 Å². The Morgan fingerprint density at radius 1 is 0.923 bits per heavy atom. The Balaban J connectivity index is 1.43. The van der Waals surface area contributed by atoms with E-state index in [1.165, 1.54) is 4.31 Å². The first-order valence-electron chi connectivity index (χ1n) is 9.28. The Bertz CT molecular complexity index is 780. The van der Waals surface area contributed by atoms with Crippen LogP contribution >= 0.6 is 0 Å². The number of hydrogen-bond donors (Lipinski definition) is 0.